The highest BCUT2D eigenvalue weighted by atomic mass is 16.7. The molecule has 8 aliphatic carbocycles. The molecule has 2 saturated heterocycles. The van der Waals surface area contributed by atoms with Crippen molar-refractivity contribution < 1.29 is 92.6 Å². The molecule has 5 heterocycles. The van der Waals surface area contributed by atoms with Crippen LogP contribution in [0.1, 0.15) is 150 Å². The molecule has 6 saturated carbocycles. The molecule has 22 nitrogen and oxygen atoms in total. The van der Waals surface area contributed by atoms with Crippen LogP contribution >= 0.6 is 0 Å². The standard InChI is InChI=1S/C41H56N2O12.C28H41NO7/c1-39-12-7-28(21-26(39)3-4-31-30(39)8-13-40(2)29(9-14-41(31,40)51)24-20-35(48)53-22-24)55-38-37(50)36(49)25(23-54-38)19-27(44)11-17-52-18-15-42-32(45)10-16-43-33(46)5-6-34(43)47;1-26-8-5-17(36-25-24(32)23(31)21(29)14-35-25)12-16(26)3-4-20-19(26)6-9-27(2)18(7-10-28(20,27)33)15-11-22(30)34-13-15/h5-6,20-21,25,28-31,36-38,49-51H,3-4,7-19,22-23H2,1-2H3,(H,42,45);11-12,17-21,23-25,31-33H,3-10,13-14,29H2,1-2H3/t25-,28-,29+,30?,31?,36-,37?,38+,39-,40+,41-;17-,18+,19?,20?,21-,23-,24?,25+,26-,27+,28-/m00/s1. The van der Waals surface area contributed by atoms with Crippen LogP contribution in [0.25, 0.3) is 0 Å². The van der Waals surface area contributed by atoms with Crippen molar-refractivity contribution >= 4 is 35.4 Å². The Morgan fingerprint density at radius 1 is 0.615 bits per heavy atom. The summed E-state index contributed by atoms with van der Waals surface area (Å²) >= 11 is 0. The van der Waals surface area contributed by atoms with E-state index in [9.17, 15) is 59.4 Å². The van der Waals surface area contributed by atoms with Crippen LogP contribution in [-0.4, -0.2) is 190 Å². The number of hydrogen-bond acceptors (Lipinski definition) is 20. The monoisotopic (exact) mass is 1270 g/mol. The van der Waals surface area contributed by atoms with Crippen molar-refractivity contribution in [3.05, 3.63) is 58.7 Å². The fraction of sp³-hybridized carbons (Fsp3) is 0.768. The number of carbonyl (C=O) groups is 6. The third-order valence-electron chi connectivity index (χ3n) is 25.6. The second kappa shape index (κ2) is 25.9. The lowest BCUT2D eigenvalue weighted by Crippen LogP contribution is -2.61. The lowest BCUT2D eigenvalue weighted by Gasteiger charge is -2.62. The number of aliphatic hydroxyl groups is 6. The van der Waals surface area contributed by atoms with Crippen molar-refractivity contribution in [2.75, 3.05) is 52.7 Å². The SMILES string of the molecule is C[C@]12CC[C@H](O[C@H]3OC[C@H](CC(=O)CCOCCNC(=O)CCN4C(=O)C=CC4=O)[C@H](O)C3O)C=C1CCC1C2CC[C@]2(C)[C@@H](C3=CC(=O)OC3)CC[C@]12O.C[C@]12CC[C@H](O[C@H]3OC[C@H](N)[C@H](O)C3O)C=C1CCC1C2CC[C@]2(C)[C@@H](C3=CC(=O)OC3)CC[C@]12O. The number of aliphatic hydroxyl groups excluding tert-OH is 4. The van der Waals surface area contributed by atoms with Crippen LogP contribution in [0.15, 0.2) is 58.7 Å². The molecule has 13 rings (SSSR count). The second-order valence-corrected chi connectivity index (χ2v) is 29.9. The van der Waals surface area contributed by atoms with Crippen LogP contribution in [0.3, 0.4) is 0 Å². The Bertz CT molecular complexity index is 2980. The first-order valence-corrected chi connectivity index (χ1v) is 33.8. The van der Waals surface area contributed by atoms with Gasteiger partial charge in [0.1, 0.15) is 37.3 Å². The number of nitrogens with one attached hydrogen (secondary N) is 1. The first-order valence-electron chi connectivity index (χ1n) is 33.8. The quantitative estimate of drug-likeness (QED) is 0.0442. The van der Waals surface area contributed by atoms with Gasteiger partial charge in [0.2, 0.25) is 5.91 Å². The molecule has 0 radical (unpaired) electrons. The van der Waals surface area contributed by atoms with E-state index in [1.54, 1.807) is 12.2 Å². The Morgan fingerprint density at radius 2 is 1.12 bits per heavy atom. The molecule has 91 heavy (non-hydrogen) atoms. The molecule has 3 amide bonds. The molecule has 22 atom stereocenters. The van der Waals surface area contributed by atoms with Gasteiger partial charge >= 0.3 is 11.9 Å². The average Bonchev–Trinajstić information content (AvgIpc) is 1.65. The number of rotatable bonds is 17. The molecule has 0 aromatic carbocycles. The van der Waals surface area contributed by atoms with Crippen molar-refractivity contribution in [2.45, 2.75) is 216 Å². The normalized spacial score (nSPS) is 44.7. The maximum atomic E-state index is 12.7. The number of hydrogen-bond donors (Lipinski definition) is 8. The molecule has 0 spiro atoms. The lowest BCUT2D eigenvalue weighted by molar-refractivity contribution is -0.270. The number of ether oxygens (including phenoxy) is 7. The van der Waals surface area contributed by atoms with E-state index < -0.39 is 72.0 Å². The maximum Gasteiger partial charge on any atom is 0.331 e. The minimum absolute atomic E-state index is 0.000874. The van der Waals surface area contributed by atoms with Gasteiger partial charge in [-0.25, -0.2) is 9.59 Å². The number of Topliss-reactive ketones (excluding diaryl/α,β-unsaturated/α-hetero) is 1. The summed E-state index contributed by atoms with van der Waals surface area (Å²) in [5, 5.41) is 69.9. The number of cyclic esters (lactones) is 2. The number of ketones is 1. The van der Waals surface area contributed by atoms with E-state index in [4.69, 9.17) is 38.9 Å². The van der Waals surface area contributed by atoms with Gasteiger partial charge in [-0.3, -0.25) is 24.1 Å². The molecule has 13 aliphatic rings. The molecule has 502 valence electrons. The summed E-state index contributed by atoms with van der Waals surface area (Å²) in [6.07, 6.45) is 17.2. The Hall–Kier alpha value is -4.56. The molecule has 0 aromatic heterocycles. The zero-order valence-corrected chi connectivity index (χ0v) is 53.3. The maximum absolute atomic E-state index is 12.7. The smallest absolute Gasteiger partial charge is 0.331 e. The van der Waals surface area contributed by atoms with Crippen LogP contribution in [0.5, 0.6) is 0 Å². The number of fused-ring (bicyclic) bond motifs is 10. The minimum Gasteiger partial charge on any atom is -0.458 e. The van der Waals surface area contributed by atoms with Gasteiger partial charge in [-0.1, -0.05) is 51.0 Å². The van der Waals surface area contributed by atoms with E-state index in [0.29, 0.717) is 25.0 Å². The van der Waals surface area contributed by atoms with E-state index >= 15 is 0 Å². The largest absolute Gasteiger partial charge is 0.458 e. The molecule has 9 N–H and O–H groups in total. The van der Waals surface area contributed by atoms with Gasteiger partial charge in [0, 0.05) is 73.4 Å². The summed E-state index contributed by atoms with van der Waals surface area (Å²) in [4.78, 5) is 72.5. The summed E-state index contributed by atoms with van der Waals surface area (Å²) in [6, 6.07) is -0.612. The van der Waals surface area contributed by atoms with Gasteiger partial charge < -0.3 is 74.8 Å². The second-order valence-electron chi connectivity index (χ2n) is 29.9. The number of nitrogens with two attached hydrogens (primary N) is 1. The predicted molar refractivity (Wildman–Crippen MR) is 325 cm³/mol. The number of nitrogens with zero attached hydrogens (tertiary/aromatic N) is 1. The summed E-state index contributed by atoms with van der Waals surface area (Å²) < 4.78 is 39.9. The van der Waals surface area contributed by atoms with Crippen molar-refractivity contribution in [3.8, 4) is 0 Å². The number of imide groups is 1. The van der Waals surface area contributed by atoms with E-state index in [-0.39, 0.29) is 140 Å². The van der Waals surface area contributed by atoms with Gasteiger partial charge in [0.15, 0.2) is 12.6 Å². The minimum atomic E-state index is -1.32. The van der Waals surface area contributed by atoms with E-state index in [1.165, 1.54) is 23.3 Å². The summed E-state index contributed by atoms with van der Waals surface area (Å²) in [5.74, 6) is -0.972. The summed E-state index contributed by atoms with van der Waals surface area (Å²) in [6.45, 7) is 10.6. The van der Waals surface area contributed by atoms with E-state index in [0.717, 1.165) is 119 Å². The number of esters is 2. The van der Waals surface area contributed by atoms with Gasteiger partial charge in [-0.05, 0) is 160 Å². The number of allylic oxidation sites excluding steroid dienone is 2. The molecular formula is C69H97N3O19. The third kappa shape index (κ3) is 12.0. The third-order valence-corrected chi connectivity index (χ3v) is 25.6. The van der Waals surface area contributed by atoms with Crippen LogP contribution in [0, 0.1) is 63.1 Å². The van der Waals surface area contributed by atoms with Gasteiger partial charge in [-0.2, -0.15) is 0 Å². The van der Waals surface area contributed by atoms with Crippen molar-refractivity contribution in [2.24, 2.45) is 68.8 Å². The van der Waals surface area contributed by atoms with E-state index in [1.807, 2.05) is 0 Å². The van der Waals surface area contributed by atoms with Gasteiger partial charge in [-0.15, -0.1) is 0 Å². The zero-order chi connectivity index (χ0) is 64.6. The van der Waals surface area contributed by atoms with Crippen LogP contribution in [0.2, 0.25) is 0 Å². The van der Waals surface area contributed by atoms with Crippen molar-refractivity contribution in [3.63, 3.8) is 0 Å². The van der Waals surface area contributed by atoms with Gasteiger partial charge in [0.05, 0.1) is 62.0 Å². The lowest BCUT2D eigenvalue weighted by atomic mass is 9.45. The molecule has 6 unspecified atom stereocenters. The highest BCUT2D eigenvalue weighted by molar-refractivity contribution is 6.13. The molecule has 0 bridgehead atoms. The predicted octanol–water partition coefficient (Wildman–Crippen LogP) is 3.99. The Kier molecular flexibility index (Phi) is 18.9. The first kappa shape index (κ1) is 66.5. The zero-order valence-electron chi connectivity index (χ0n) is 53.3. The fourth-order valence-electron chi connectivity index (χ4n) is 20.3. The Labute approximate surface area is 532 Å². The van der Waals surface area contributed by atoms with Crippen molar-refractivity contribution in [1.82, 2.24) is 10.2 Å². The van der Waals surface area contributed by atoms with Crippen molar-refractivity contribution in [1.29, 1.82) is 0 Å². The first-order chi connectivity index (χ1) is 43.3. The molecule has 0 aromatic rings. The number of carbonyl (C=O) groups excluding carboxylic acids is 6. The van der Waals surface area contributed by atoms with Crippen LogP contribution in [0.4, 0.5) is 0 Å². The summed E-state index contributed by atoms with van der Waals surface area (Å²) in [7, 11) is 0. The molecule has 5 aliphatic heterocycles. The highest BCUT2D eigenvalue weighted by Gasteiger charge is 2.69. The topological polar surface area (TPSA) is 330 Å². The molecular weight excluding hydrogens is 1170 g/mol. The highest BCUT2D eigenvalue weighted by Crippen LogP contribution is 2.71. The number of amides is 3. The van der Waals surface area contributed by atoms with Crippen LogP contribution < -0.4 is 11.1 Å². The molecule has 8 fully saturated rings. The molecule has 22 heteroatoms. The summed E-state index contributed by atoms with van der Waals surface area (Å²) in [5.41, 5.74) is 8.49. The van der Waals surface area contributed by atoms with Gasteiger partial charge in [0.25, 0.3) is 11.8 Å². The van der Waals surface area contributed by atoms with E-state index in [2.05, 4.69) is 45.2 Å². The fourth-order valence-corrected chi connectivity index (χ4v) is 20.3. The Morgan fingerprint density at radius 3 is 1.63 bits per heavy atom. The van der Waals surface area contributed by atoms with Crippen LogP contribution in [-0.2, 0) is 61.9 Å². The average molecular weight is 1270 g/mol. The Balaban J connectivity index is 0.000000191.